The molecule has 0 saturated heterocycles. The van der Waals surface area contributed by atoms with Crippen molar-refractivity contribution in [2.75, 3.05) is 0 Å². The summed E-state index contributed by atoms with van der Waals surface area (Å²) in [5.74, 6) is 0.765. The molecule has 7 heteroatoms. The van der Waals surface area contributed by atoms with Gasteiger partial charge in [0, 0.05) is 11.1 Å². The van der Waals surface area contributed by atoms with Gasteiger partial charge >= 0.3 is 0 Å². The van der Waals surface area contributed by atoms with E-state index in [0.29, 0.717) is 17.9 Å². The van der Waals surface area contributed by atoms with Crippen LogP contribution in [0.5, 0.6) is 0 Å². The van der Waals surface area contributed by atoms with Gasteiger partial charge < -0.3 is 9.84 Å². The van der Waals surface area contributed by atoms with Crippen LogP contribution in [-0.2, 0) is 6.54 Å². The molecule has 2 aromatic heterocycles. The van der Waals surface area contributed by atoms with Crippen molar-refractivity contribution in [3.05, 3.63) is 66.7 Å². The summed E-state index contributed by atoms with van der Waals surface area (Å²) in [6.07, 6.45) is 3.14. The van der Waals surface area contributed by atoms with Crippen molar-refractivity contribution in [3.8, 4) is 11.3 Å². The van der Waals surface area contributed by atoms with Crippen molar-refractivity contribution in [2.45, 2.75) is 26.4 Å². The Kier molecular flexibility index (Phi) is 4.89. The van der Waals surface area contributed by atoms with Gasteiger partial charge in [-0.2, -0.15) is 5.10 Å². The molecule has 1 amide bonds. The largest absolute Gasteiger partial charge is 0.355 e. The third-order valence-corrected chi connectivity index (χ3v) is 4.75. The lowest BCUT2D eigenvalue weighted by Crippen LogP contribution is -2.41. The molecule has 0 unspecified atom stereocenters. The standard InChI is InChI=1S/C21H21N5O2/c1-14(2)19(11-26-13-22-12-23-26)24-21(27)16-8-9-18-17(10-16)20(28-25-18)15-6-4-3-5-7-15/h3-10,12-14,19H,11H2,1-2H3,(H,24,27)/t19-/m1/s1. The van der Waals surface area contributed by atoms with Gasteiger partial charge in [-0.05, 0) is 24.1 Å². The van der Waals surface area contributed by atoms with Crippen LogP contribution in [0.3, 0.4) is 0 Å². The lowest BCUT2D eigenvalue weighted by molar-refractivity contribution is 0.0919. The number of hydrogen-bond acceptors (Lipinski definition) is 5. The van der Waals surface area contributed by atoms with Gasteiger partial charge in [0.25, 0.3) is 5.91 Å². The second-order valence-electron chi connectivity index (χ2n) is 7.05. The summed E-state index contributed by atoms with van der Waals surface area (Å²) in [6.45, 7) is 4.70. The van der Waals surface area contributed by atoms with Crippen LogP contribution in [0.15, 0.2) is 65.7 Å². The molecule has 4 rings (SSSR count). The van der Waals surface area contributed by atoms with Crippen molar-refractivity contribution in [3.63, 3.8) is 0 Å². The van der Waals surface area contributed by atoms with Crippen molar-refractivity contribution >= 4 is 16.8 Å². The average Bonchev–Trinajstić information content (AvgIpc) is 3.37. The molecular weight excluding hydrogens is 354 g/mol. The maximum atomic E-state index is 12.9. The number of fused-ring (bicyclic) bond motifs is 1. The molecule has 4 aromatic rings. The van der Waals surface area contributed by atoms with E-state index in [9.17, 15) is 4.79 Å². The normalized spacial score (nSPS) is 12.4. The highest BCUT2D eigenvalue weighted by Crippen LogP contribution is 2.29. The van der Waals surface area contributed by atoms with E-state index in [1.807, 2.05) is 42.5 Å². The molecule has 0 fully saturated rings. The number of amides is 1. The number of carbonyl (C=O) groups is 1. The highest BCUT2D eigenvalue weighted by atomic mass is 16.5. The second-order valence-corrected chi connectivity index (χ2v) is 7.05. The highest BCUT2D eigenvalue weighted by Gasteiger charge is 2.19. The average molecular weight is 375 g/mol. The van der Waals surface area contributed by atoms with E-state index in [4.69, 9.17) is 4.52 Å². The lowest BCUT2D eigenvalue weighted by Gasteiger charge is -2.22. The van der Waals surface area contributed by atoms with Gasteiger partial charge in [0.1, 0.15) is 18.2 Å². The van der Waals surface area contributed by atoms with Crippen molar-refractivity contribution in [1.29, 1.82) is 0 Å². The lowest BCUT2D eigenvalue weighted by atomic mass is 10.0. The molecule has 2 heterocycles. The zero-order valence-corrected chi connectivity index (χ0v) is 15.7. The number of rotatable bonds is 6. The maximum absolute atomic E-state index is 12.9. The van der Waals surface area contributed by atoms with Crippen LogP contribution >= 0.6 is 0 Å². The molecule has 142 valence electrons. The molecule has 0 spiro atoms. The van der Waals surface area contributed by atoms with Crippen molar-refractivity contribution in [1.82, 2.24) is 25.2 Å². The quantitative estimate of drug-likeness (QED) is 0.557. The topological polar surface area (TPSA) is 85.8 Å². The Morgan fingerprint density at radius 1 is 1.18 bits per heavy atom. The van der Waals surface area contributed by atoms with Gasteiger partial charge in [0.2, 0.25) is 0 Å². The first-order valence-electron chi connectivity index (χ1n) is 9.20. The summed E-state index contributed by atoms with van der Waals surface area (Å²) in [6, 6.07) is 15.1. The zero-order valence-electron chi connectivity index (χ0n) is 15.7. The molecule has 1 atom stereocenters. The second kappa shape index (κ2) is 7.64. The highest BCUT2D eigenvalue weighted by molar-refractivity contribution is 6.01. The monoisotopic (exact) mass is 375 g/mol. The van der Waals surface area contributed by atoms with E-state index in [1.165, 1.54) is 6.33 Å². The first-order chi connectivity index (χ1) is 13.6. The van der Waals surface area contributed by atoms with Crippen LogP contribution in [0.4, 0.5) is 0 Å². The van der Waals surface area contributed by atoms with Gasteiger partial charge in [-0.15, -0.1) is 0 Å². The molecule has 28 heavy (non-hydrogen) atoms. The fraction of sp³-hybridized carbons (Fsp3) is 0.238. The van der Waals surface area contributed by atoms with Gasteiger partial charge in [-0.25, -0.2) is 4.98 Å². The SMILES string of the molecule is CC(C)[C@@H](Cn1cncn1)NC(=O)c1ccc2noc(-c3ccccc3)c2c1. The Morgan fingerprint density at radius 3 is 2.71 bits per heavy atom. The Labute approximate surface area is 162 Å². The molecule has 0 bridgehead atoms. The summed E-state index contributed by atoms with van der Waals surface area (Å²) in [5, 5.41) is 12.2. The molecule has 0 aliphatic rings. The molecular formula is C21H21N5O2. The Morgan fingerprint density at radius 2 is 2.00 bits per heavy atom. The summed E-state index contributed by atoms with van der Waals surface area (Å²) >= 11 is 0. The van der Waals surface area contributed by atoms with E-state index in [-0.39, 0.29) is 17.9 Å². The third kappa shape index (κ3) is 3.64. The Bertz CT molecular complexity index is 1070. The third-order valence-electron chi connectivity index (χ3n) is 4.75. The predicted molar refractivity (Wildman–Crippen MR) is 106 cm³/mol. The predicted octanol–water partition coefficient (Wildman–Crippen LogP) is 3.54. The number of nitrogens with one attached hydrogen (secondary N) is 1. The van der Waals surface area contributed by atoms with Crippen LogP contribution in [0, 0.1) is 5.92 Å². The van der Waals surface area contributed by atoms with Crippen molar-refractivity contribution in [2.24, 2.45) is 5.92 Å². The number of hydrogen-bond donors (Lipinski definition) is 1. The molecule has 0 saturated carbocycles. The molecule has 2 aromatic carbocycles. The Hall–Kier alpha value is -3.48. The van der Waals surface area contributed by atoms with Crippen LogP contribution in [0.2, 0.25) is 0 Å². The van der Waals surface area contributed by atoms with Crippen LogP contribution in [-0.4, -0.2) is 31.9 Å². The number of benzene rings is 2. The van der Waals surface area contributed by atoms with Gasteiger partial charge in [-0.3, -0.25) is 9.48 Å². The maximum Gasteiger partial charge on any atom is 0.251 e. The van der Waals surface area contributed by atoms with E-state index in [1.54, 1.807) is 17.1 Å². The van der Waals surface area contributed by atoms with Gasteiger partial charge in [0.15, 0.2) is 5.76 Å². The van der Waals surface area contributed by atoms with Gasteiger partial charge in [0.05, 0.1) is 18.0 Å². The molecule has 0 aliphatic heterocycles. The van der Waals surface area contributed by atoms with Crippen LogP contribution in [0.1, 0.15) is 24.2 Å². The first kappa shape index (κ1) is 17.9. The summed E-state index contributed by atoms with van der Waals surface area (Å²) in [5.41, 5.74) is 2.21. The Balaban J connectivity index is 1.60. The minimum Gasteiger partial charge on any atom is -0.355 e. The fourth-order valence-corrected chi connectivity index (χ4v) is 3.08. The van der Waals surface area contributed by atoms with E-state index >= 15 is 0 Å². The molecule has 0 aliphatic carbocycles. The minimum atomic E-state index is -0.138. The summed E-state index contributed by atoms with van der Waals surface area (Å²) in [7, 11) is 0. The summed E-state index contributed by atoms with van der Waals surface area (Å²) in [4.78, 5) is 16.9. The van der Waals surface area contributed by atoms with Crippen LogP contribution < -0.4 is 5.32 Å². The molecule has 1 N–H and O–H groups in total. The number of carbonyl (C=O) groups excluding carboxylic acids is 1. The summed E-state index contributed by atoms with van der Waals surface area (Å²) < 4.78 is 7.25. The fourth-order valence-electron chi connectivity index (χ4n) is 3.08. The zero-order chi connectivity index (χ0) is 19.5. The van der Waals surface area contributed by atoms with E-state index in [0.717, 1.165) is 16.5 Å². The number of aromatic nitrogens is 4. The van der Waals surface area contributed by atoms with E-state index in [2.05, 4.69) is 34.4 Å². The van der Waals surface area contributed by atoms with Gasteiger partial charge in [-0.1, -0.05) is 49.3 Å². The minimum absolute atomic E-state index is 0.0686. The van der Waals surface area contributed by atoms with Crippen molar-refractivity contribution < 1.29 is 9.32 Å². The van der Waals surface area contributed by atoms with Crippen LogP contribution in [0.25, 0.3) is 22.2 Å². The first-order valence-corrected chi connectivity index (χ1v) is 9.20. The van der Waals surface area contributed by atoms with E-state index < -0.39 is 0 Å². The number of nitrogens with zero attached hydrogens (tertiary/aromatic N) is 4. The molecule has 0 radical (unpaired) electrons. The molecule has 7 nitrogen and oxygen atoms in total. The smallest absolute Gasteiger partial charge is 0.251 e.